The van der Waals surface area contributed by atoms with E-state index in [0.29, 0.717) is 5.56 Å². The average Bonchev–Trinajstić information content (AvgIpc) is 3.46. The molecule has 1 saturated carbocycles. The highest BCUT2D eigenvalue weighted by molar-refractivity contribution is 7.91. The van der Waals surface area contributed by atoms with Crippen LogP contribution >= 0.6 is 11.3 Å². The van der Waals surface area contributed by atoms with Gasteiger partial charge in [-0.2, -0.15) is 4.31 Å². The number of hydrogen-bond donors (Lipinski definition) is 2. The van der Waals surface area contributed by atoms with E-state index in [2.05, 4.69) is 10.3 Å². The zero-order valence-electron chi connectivity index (χ0n) is 16.9. The Morgan fingerprint density at radius 3 is 2.45 bits per heavy atom. The molecule has 0 radical (unpaired) electrons. The summed E-state index contributed by atoms with van der Waals surface area (Å²) >= 11 is 1.09. The first-order valence-corrected chi connectivity index (χ1v) is 12.5. The minimum absolute atomic E-state index is 0.0463. The SMILES string of the molecule is NC1CCC(NC(=O)C2N(C(=O)c3ccncc3)CCN2S(=O)(=O)c2cccs2)CC1. The standard InChI is InChI=1S/C20H25N5O4S2/c21-15-3-5-16(6-4-15)23-18(26)19-24(20(27)14-7-9-22-10-8-14)11-12-25(19)31(28,29)17-2-1-13-30-17/h1-2,7-10,13,15-16,19H,3-6,11-12,21H2,(H,23,26). The molecule has 0 aromatic carbocycles. The predicted molar refractivity (Wildman–Crippen MR) is 116 cm³/mol. The quantitative estimate of drug-likeness (QED) is 0.681. The van der Waals surface area contributed by atoms with E-state index in [0.717, 1.165) is 41.3 Å². The number of carbonyl (C=O) groups is 2. The Hall–Kier alpha value is -2.34. The van der Waals surface area contributed by atoms with Crippen LogP contribution in [0.3, 0.4) is 0 Å². The summed E-state index contributed by atoms with van der Waals surface area (Å²) in [7, 11) is -3.92. The predicted octanol–water partition coefficient (Wildman–Crippen LogP) is 1.00. The van der Waals surface area contributed by atoms with Crippen molar-refractivity contribution in [3.63, 3.8) is 0 Å². The van der Waals surface area contributed by atoms with E-state index >= 15 is 0 Å². The number of amides is 2. The number of thiophene rings is 1. The molecule has 0 spiro atoms. The number of hydrogen-bond acceptors (Lipinski definition) is 7. The fourth-order valence-electron chi connectivity index (χ4n) is 4.07. The third-order valence-corrected chi connectivity index (χ3v) is 8.95. The highest BCUT2D eigenvalue weighted by Crippen LogP contribution is 2.29. The number of carbonyl (C=O) groups excluding carboxylic acids is 2. The lowest BCUT2D eigenvalue weighted by Crippen LogP contribution is -2.56. The Balaban J connectivity index is 1.62. The third kappa shape index (κ3) is 4.49. The molecule has 1 atom stereocenters. The molecule has 1 saturated heterocycles. The maximum absolute atomic E-state index is 13.3. The van der Waals surface area contributed by atoms with E-state index in [1.165, 1.54) is 23.4 Å². The van der Waals surface area contributed by atoms with Crippen LogP contribution in [-0.4, -0.2) is 65.8 Å². The fraction of sp³-hybridized carbons (Fsp3) is 0.450. The molecule has 2 aromatic rings. The van der Waals surface area contributed by atoms with Gasteiger partial charge in [0, 0.05) is 43.1 Å². The molecule has 1 aliphatic carbocycles. The summed E-state index contributed by atoms with van der Waals surface area (Å²) in [4.78, 5) is 31.7. The second-order valence-electron chi connectivity index (χ2n) is 7.78. The monoisotopic (exact) mass is 463 g/mol. The van der Waals surface area contributed by atoms with Crippen molar-refractivity contribution >= 4 is 33.2 Å². The molecule has 1 unspecified atom stereocenters. The van der Waals surface area contributed by atoms with E-state index in [9.17, 15) is 18.0 Å². The number of aromatic nitrogens is 1. The number of nitrogens with two attached hydrogens (primary N) is 1. The molecule has 31 heavy (non-hydrogen) atoms. The summed E-state index contributed by atoms with van der Waals surface area (Å²) in [5.41, 5.74) is 6.31. The van der Waals surface area contributed by atoms with Crippen molar-refractivity contribution in [1.29, 1.82) is 0 Å². The summed E-state index contributed by atoms with van der Waals surface area (Å²) in [6.07, 6.45) is 4.79. The zero-order chi connectivity index (χ0) is 22.0. The van der Waals surface area contributed by atoms with Crippen LogP contribution in [0, 0.1) is 0 Å². The van der Waals surface area contributed by atoms with Crippen LogP contribution in [0.1, 0.15) is 36.0 Å². The van der Waals surface area contributed by atoms with Crippen molar-refractivity contribution in [2.24, 2.45) is 5.73 Å². The lowest BCUT2D eigenvalue weighted by molar-refractivity contribution is -0.128. The van der Waals surface area contributed by atoms with Gasteiger partial charge in [-0.25, -0.2) is 8.42 Å². The third-order valence-electron chi connectivity index (χ3n) is 5.73. The second kappa shape index (κ2) is 9.03. The molecule has 11 heteroatoms. The molecule has 2 aromatic heterocycles. The Morgan fingerprint density at radius 2 is 1.81 bits per heavy atom. The fourth-order valence-corrected chi connectivity index (χ4v) is 6.73. The van der Waals surface area contributed by atoms with E-state index in [-0.39, 0.29) is 29.4 Å². The van der Waals surface area contributed by atoms with Crippen LogP contribution in [-0.2, 0) is 14.8 Å². The van der Waals surface area contributed by atoms with E-state index < -0.39 is 28.0 Å². The lowest BCUT2D eigenvalue weighted by Gasteiger charge is -2.32. The summed E-state index contributed by atoms with van der Waals surface area (Å²) in [6.45, 7) is 0.171. The maximum Gasteiger partial charge on any atom is 0.259 e. The number of rotatable bonds is 5. The average molecular weight is 464 g/mol. The van der Waals surface area contributed by atoms with Crippen LogP contribution in [0.25, 0.3) is 0 Å². The normalized spacial score (nSPS) is 24.8. The van der Waals surface area contributed by atoms with Crippen LogP contribution in [0.15, 0.2) is 46.2 Å². The van der Waals surface area contributed by atoms with Gasteiger partial charge in [-0.05, 0) is 49.3 Å². The van der Waals surface area contributed by atoms with Crippen molar-refractivity contribution in [1.82, 2.24) is 19.5 Å². The Bertz CT molecular complexity index is 1020. The molecule has 9 nitrogen and oxygen atoms in total. The Morgan fingerprint density at radius 1 is 1.10 bits per heavy atom. The number of nitrogens with one attached hydrogen (secondary N) is 1. The van der Waals surface area contributed by atoms with E-state index in [1.807, 2.05) is 0 Å². The molecule has 4 rings (SSSR count). The smallest absolute Gasteiger partial charge is 0.259 e. The van der Waals surface area contributed by atoms with Gasteiger partial charge < -0.3 is 16.0 Å². The molecule has 2 amide bonds. The first kappa shape index (κ1) is 21.9. The highest BCUT2D eigenvalue weighted by Gasteiger charge is 2.47. The van der Waals surface area contributed by atoms with Crippen molar-refractivity contribution in [3.8, 4) is 0 Å². The summed E-state index contributed by atoms with van der Waals surface area (Å²) in [5.74, 6) is -0.891. The van der Waals surface area contributed by atoms with Crippen LogP contribution in [0.4, 0.5) is 0 Å². The Kier molecular flexibility index (Phi) is 6.37. The number of pyridine rings is 1. The van der Waals surface area contributed by atoms with Gasteiger partial charge in [0.05, 0.1) is 0 Å². The van der Waals surface area contributed by atoms with Crippen molar-refractivity contribution in [2.75, 3.05) is 13.1 Å². The van der Waals surface area contributed by atoms with Gasteiger partial charge >= 0.3 is 0 Å². The minimum Gasteiger partial charge on any atom is -0.350 e. The molecular formula is C20H25N5O4S2. The largest absolute Gasteiger partial charge is 0.350 e. The van der Waals surface area contributed by atoms with Gasteiger partial charge in [-0.1, -0.05) is 6.07 Å². The van der Waals surface area contributed by atoms with Gasteiger partial charge in [0.15, 0.2) is 6.17 Å². The second-order valence-corrected chi connectivity index (χ2v) is 10.8. The molecule has 2 fully saturated rings. The van der Waals surface area contributed by atoms with Gasteiger partial charge in [0.2, 0.25) is 0 Å². The minimum atomic E-state index is -3.92. The van der Waals surface area contributed by atoms with Crippen molar-refractivity contribution < 1.29 is 18.0 Å². The van der Waals surface area contributed by atoms with Crippen LogP contribution in [0.2, 0.25) is 0 Å². The van der Waals surface area contributed by atoms with Crippen LogP contribution < -0.4 is 11.1 Å². The van der Waals surface area contributed by atoms with Gasteiger partial charge in [0.25, 0.3) is 21.8 Å². The Labute approximate surface area is 185 Å². The van der Waals surface area contributed by atoms with Gasteiger partial charge in [0.1, 0.15) is 4.21 Å². The van der Waals surface area contributed by atoms with Gasteiger partial charge in [-0.15, -0.1) is 11.3 Å². The topological polar surface area (TPSA) is 126 Å². The zero-order valence-corrected chi connectivity index (χ0v) is 18.5. The summed E-state index contributed by atoms with van der Waals surface area (Å²) in [5, 5.41) is 4.63. The molecule has 3 heterocycles. The molecule has 2 aliphatic rings. The molecule has 1 aliphatic heterocycles. The molecule has 3 N–H and O–H groups in total. The molecule has 166 valence electrons. The summed E-state index contributed by atoms with van der Waals surface area (Å²) < 4.78 is 27.8. The van der Waals surface area contributed by atoms with Gasteiger partial charge in [-0.3, -0.25) is 14.6 Å². The molecular weight excluding hydrogens is 438 g/mol. The number of nitrogens with zero attached hydrogens (tertiary/aromatic N) is 3. The van der Waals surface area contributed by atoms with Crippen molar-refractivity contribution in [2.45, 2.75) is 48.1 Å². The first-order chi connectivity index (χ1) is 14.9. The summed E-state index contributed by atoms with van der Waals surface area (Å²) in [6, 6.07) is 6.29. The van der Waals surface area contributed by atoms with Crippen LogP contribution in [0.5, 0.6) is 0 Å². The lowest BCUT2D eigenvalue weighted by atomic mass is 9.92. The van der Waals surface area contributed by atoms with E-state index in [1.54, 1.807) is 23.6 Å². The van der Waals surface area contributed by atoms with E-state index in [4.69, 9.17) is 5.73 Å². The maximum atomic E-state index is 13.3. The highest BCUT2D eigenvalue weighted by atomic mass is 32.2. The van der Waals surface area contributed by atoms with Crippen molar-refractivity contribution in [3.05, 3.63) is 47.6 Å². The first-order valence-electron chi connectivity index (χ1n) is 10.2. The molecule has 0 bridgehead atoms. The number of sulfonamides is 1.